The summed E-state index contributed by atoms with van der Waals surface area (Å²) in [5.41, 5.74) is 0.601. The van der Waals surface area contributed by atoms with Crippen LogP contribution in [0.5, 0.6) is 11.5 Å². The van der Waals surface area contributed by atoms with Gasteiger partial charge in [-0.2, -0.15) is 0 Å². The van der Waals surface area contributed by atoms with E-state index in [1.54, 1.807) is 18.2 Å². The number of nitrogens with zero attached hydrogens (tertiary/aromatic N) is 1. The van der Waals surface area contributed by atoms with E-state index in [9.17, 15) is 9.59 Å². The molecular formula is C17H21ClN2O4. The summed E-state index contributed by atoms with van der Waals surface area (Å²) in [6.45, 7) is 1.46. The first kappa shape index (κ1) is 16.9. The molecule has 0 unspecified atom stereocenters. The van der Waals surface area contributed by atoms with Crippen molar-refractivity contribution in [2.24, 2.45) is 0 Å². The molecule has 2 heterocycles. The lowest BCUT2D eigenvalue weighted by Crippen LogP contribution is -2.46. The molecule has 130 valence electrons. The highest BCUT2D eigenvalue weighted by molar-refractivity contribution is 6.17. The molecule has 2 aliphatic rings. The predicted molar refractivity (Wildman–Crippen MR) is 89.6 cm³/mol. The zero-order chi connectivity index (χ0) is 16.9. The van der Waals surface area contributed by atoms with Crippen molar-refractivity contribution in [2.75, 3.05) is 25.8 Å². The number of alkyl halides is 1. The first-order valence-electron chi connectivity index (χ1n) is 8.21. The number of benzene rings is 1. The Morgan fingerprint density at radius 2 is 1.96 bits per heavy atom. The maximum Gasteiger partial charge on any atom is 0.253 e. The van der Waals surface area contributed by atoms with E-state index in [1.165, 1.54) is 0 Å². The summed E-state index contributed by atoms with van der Waals surface area (Å²) in [6.07, 6.45) is 2.68. The summed E-state index contributed by atoms with van der Waals surface area (Å²) in [5.74, 6) is 1.80. The van der Waals surface area contributed by atoms with Crippen LogP contribution in [0, 0.1) is 0 Å². The number of rotatable bonds is 5. The van der Waals surface area contributed by atoms with Gasteiger partial charge in [-0.15, -0.1) is 11.6 Å². The first-order valence-corrected chi connectivity index (χ1v) is 8.75. The summed E-state index contributed by atoms with van der Waals surface area (Å²) in [7, 11) is 0. The van der Waals surface area contributed by atoms with Crippen molar-refractivity contribution in [2.45, 2.75) is 31.7 Å². The third-order valence-electron chi connectivity index (χ3n) is 4.30. The fourth-order valence-corrected chi connectivity index (χ4v) is 3.10. The quantitative estimate of drug-likeness (QED) is 0.824. The molecule has 0 radical (unpaired) electrons. The van der Waals surface area contributed by atoms with Crippen molar-refractivity contribution in [3.05, 3.63) is 23.8 Å². The van der Waals surface area contributed by atoms with Gasteiger partial charge in [0.25, 0.3) is 5.91 Å². The van der Waals surface area contributed by atoms with Gasteiger partial charge in [0.1, 0.15) is 0 Å². The van der Waals surface area contributed by atoms with E-state index in [-0.39, 0.29) is 24.6 Å². The van der Waals surface area contributed by atoms with Gasteiger partial charge in [0, 0.05) is 37.0 Å². The van der Waals surface area contributed by atoms with Crippen molar-refractivity contribution >= 4 is 23.4 Å². The lowest BCUT2D eigenvalue weighted by Gasteiger charge is -2.32. The van der Waals surface area contributed by atoms with Crippen LogP contribution in [0.4, 0.5) is 0 Å². The molecule has 2 amide bonds. The largest absolute Gasteiger partial charge is 0.454 e. The predicted octanol–water partition coefficient (Wildman–Crippen LogP) is 2.16. The Balaban J connectivity index is 1.51. The Bertz CT molecular complexity index is 615. The number of hydrogen-bond donors (Lipinski definition) is 1. The Hall–Kier alpha value is -1.95. The molecule has 24 heavy (non-hydrogen) atoms. The number of nitrogens with one attached hydrogen (secondary N) is 1. The lowest BCUT2D eigenvalue weighted by atomic mass is 10.0. The van der Waals surface area contributed by atoms with Gasteiger partial charge in [-0.1, -0.05) is 0 Å². The molecule has 1 saturated heterocycles. The minimum absolute atomic E-state index is 0.0137. The van der Waals surface area contributed by atoms with Crippen LogP contribution in [0.2, 0.25) is 0 Å². The Labute approximate surface area is 146 Å². The minimum Gasteiger partial charge on any atom is -0.454 e. The third-order valence-corrected chi connectivity index (χ3v) is 4.57. The molecule has 1 aromatic carbocycles. The van der Waals surface area contributed by atoms with Gasteiger partial charge in [-0.05, 0) is 37.5 Å². The number of likely N-dealkylation sites (tertiary alicyclic amines) is 1. The second-order valence-electron chi connectivity index (χ2n) is 5.99. The number of halogens is 1. The summed E-state index contributed by atoms with van der Waals surface area (Å²) in [4.78, 5) is 26.2. The number of hydrogen-bond acceptors (Lipinski definition) is 4. The van der Waals surface area contributed by atoms with Gasteiger partial charge in [0.2, 0.25) is 12.7 Å². The van der Waals surface area contributed by atoms with E-state index in [0.29, 0.717) is 48.9 Å². The van der Waals surface area contributed by atoms with Crippen LogP contribution in [0.3, 0.4) is 0 Å². The van der Waals surface area contributed by atoms with E-state index in [0.717, 1.165) is 12.8 Å². The second kappa shape index (κ2) is 7.75. The Kier molecular flexibility index (Phi) is 5.45. The van der Waals surface area contributed by atoms with Crippen molar-refractivity contribution in [1.29, 1.82) is 0 Å². The lowest BCUT2D eigenvalue weighted by molar-refractivity contribution is -0.122. The highest BCUT2D eigenvalue weighted by Crippen LogP contribution is 2.33. The van der Waals surface area contributed by atoms with Crippen LogP contribution >= 0.6 is 11.6 Å². The van der Waals surface area contributed by atoms with Gasteiger partial charge in [-0.25, -0.2) is 0 Å². The molecule has 0 bridgehead atoms. The first-order chi connectivity index (χ1) is 11.7. The van der Waals surface area contributed by atoms with Crippen LogP contribution < -0.4 is 14.8 Å². The molecule has 0 aliphatic carbocycles. The zero-order valence-electron chi connectivity index (χ0n) is 13.4. The van der Waals surface area contributed by atoms with Crippen molar-refractivity contribution in [1.82, 2.24) is 10.2 Å². The second-order valence-corrected chi connectivity index (χ2v) is 6.37. The summed E-state index contributed by atoms with van der Waals surface area (Å²) in [6, 6.07) is 5.38. The van der Waals surface area contributed by atoms with E-state index in [1.807, 2.05) is 4.90 Å². The van der Waals surface area contributed by atoms with Gasteiger partial charge in [0.05, 0.1) is 0 Å². The summed E-state index contributed by atoms with van der Waals surface area (Å²) >= 11 is 5.59. The highest BCUT2D eigenvalue weighted by atomic mass is 35.5. The Morgan fingerprint density at radius 1 is 1.21 bits per heavy atom. The van der Waals surface area contributed by atoms with Crippen molar-refractivity contribution < 1.29 is 19.1 Å². The standard InChI is InChI=1S/C17H21ClN2O4/c18-7-1-2-16(21)19-13-5-8-20(9-6-13)17(22)12-3-4-14-15(10-12)24-11-23-14/h3-4,10,13H,1-2,5-9,11H2,(H,19,21). The number of carbonyl (C=O) groups excluding carboxylic acids is 2. The number of ether oxygens (including phenoxy) is 2. The van der Waals surface area contributed by atoms with E-state index < -0.39 is 0 Å². The molecule has 0 atom stereocenters. The fourth-order valence-electron chi connectivity index (χ4n) is 2.97. The molecule has 6 nitrogen and oxygen atoms in total. The zero-order valence-corrected chi connectivity index (χ0v) is 14.2. The average Bonchev–Trinajstić information content (AvgIpc) is 3.07. The van der Waals surface area contributed by atoms with Crippen LogP contribution in [-0.4, -0.2) is 48.5 Å². The van der Waals surface area contributed by atoms with Gasteiger partial charge in [0.15, 0.2) is 11.5 Å². The smallest absolute Gasteiger partial charge is 0.253 e. The van der Waals surface area contributed by atoms with Gasteiger partial charge >= 0.3 is 0 Å². The number of carbonyl (C=O) groups is 2. The molecule has 2 aliphatic heterocycles. The number of amides is 2. The van der Waals surface area contributed by atoms with Gasteiger partial charge in [-0.3, -0.25) is 9.59 Å². The molecule has 1 N–H and O–H groups in total. The van der Waals surface area contributed by atoms with Crippen LogP contribution in [-0.2, 0) is 4.79 Å². The SMILES string of the molecule is O=C(CCCCl)NC1CCN(C(=O)c2ccc3c(c2)OCO3)CC1. The molecule has 1 aromatic rings. The molecule has 7 heteroatoms. The molecule has 0 spiro atoms. The topological polar surface area (TPSA) is 67.9 Å². The normalized spacial score (nSPS) is 17.0. The molecular weight excluding hydrogens is 332 g/mol. The monoisotopic (exact) mass is 352 g/mol. The number of piperidine rings is 1. The molecule has 1 fully saturated rings. The van der Waals surface area contributed by atoms with Crippen molar-refractivity contribution in [3.63, 3.8) is 0 Å². The summed E-state index contributed by atoms with van der Waals surface area (Å²) < 4.78 is 10.6. The number of fused-ring (bicyclic) bond motifs is 1. The van der Waals surface area contributed by atoms with E-state index in [2.05, 4.69) is 5.32 Å². The average molecular weight is 353 g/mol. The van der Waals surface area contributed by atoms with Crippen LogP contribution in [0.1, 0.15) is 36.0 Å². The van der Waals surface area contributed by atoms with Crippen LogP contribution in [0.15, 0.2) is 18.2 Å². The summed E-state index contributed by atoms with van der Waals surface area (Å²) in [5, 5.41) is 3.01. The fraction of sp³-hybridized carbons (Fsp3) is 0.529. The molecule has 0 saturated carbocycles. The highest BCUT2D eigenvalue weighted by Gasteiger charge is 2.25. The Morgan fingerprint density at radius 3 is 2.71 bits per heavy atom. The third kappa shape index (κ3) is 3.93. The van der Waals surface area contributed by atoms with Gasteiger partial charge < -0.3 is 19.7 Å². The molecule has 0 aromatic heterocycles. The van der Waals surface area contributed by atoms with E-state index in [4.69, 9.17) is 21.1 Å². The van der Waals surface area contributed by atoms with E-state index >= 15 is 0 Å². The maximum atomic E-state index is 12.6. The maximum absolute atomic E-state index is 12.6. The van der Waals surface area contributed by atoms with Crippen LogP contribution in [0.25, 0.3) is 0 Å². The molecule has 3 rings (SSSR count). The van der Waals surface area contributed by atoms with Crippen molar-refractivity contribution in [3.8, 4) is 11.5 Å². The minimum atomic E-state index is -0.0137.